The molecule has 2 aromatic carbocycles. The fourth-order valence-electron chi connectivity index (χ4n) is 3.22. The summed E-state index contributed by atoms with van der Waals surface area (Å²) in [6.45, 7) is 1.83. The lowest BCUT2D eigenvalue weighted by atomic mass is 9.97. The molecule has 0 bridgehead atoms. The molecule has 0 saturated carbocycles. The summed E-state index contributed by atoms with van der Waals surface area (Å²) in [6.07, 6.45) is -10.8. The molecule has 0 aliphatic carbocycles. The van der Waals surface area contributed by atoms with E-state index in [-0.39, 0.29) is 24.9 Å². The van der Waals surface area contributed by atoms with E-state index in [1.54, 1.807) is 11.8 Å². The first-order valence-electron chi connectivity index (χ1n) is 8.45. The van der Waals surface area contributed by atoms with Crippen LogP contribution in [0, 0.1) is 5.82 Å². The largest absolute Gasteiger partial charge is 0.416 e. The highest BCUT2D eigenvalue weighted by atomic mass is 79.9. The molecule has 1 aliphatic rings. The van der Waals surface area contributed by atoms with Gasteiger partial charge in [-0.25, -0.2) is 4.39 Å². The van der Waals surface area contributed by atoms with Gasteiger partial charge in [-0.1, -0.05) is 15.9 Å². The molecule has 2 atom stereocenters. The third-order valence-electron chi connectivity index (χ3n) is 4.75. The minimum atomic E-state index is -4.93. The van der Waals surface area contributed by atoms with Gasteiger partial charge in [-0.3, -0.25) is 4.90 Å². The van der Waals surface area contributed by atoms with Gasteiger partial charge in [0.05, 0.1) is 17.2 Å². The van der Waals surface area contributed by atoms with Crippen molar-refractivity contribution in [1.29, 1.82) is 0 Å². The van der Waals surface area contributed by atoms with Crippen molar-refractivity contribution in [2.75, 3.05) is 6.73 Å². The summed E-state index contributed by atoms with van der Waals surface area (Å²) < 4.78 is 98.3. The van der Waals surface area contributed by atoms with Crippen molar-refractivity contribution in [2.45, 2.75) is 38.0 Å². The Bertz CT molecular complexity index is 865. The third kappa shape index (κ3) is 4.92. The fraction of sp³-hybridized carbons (Fsp3) is 0.368. The summed E-state index contributed by atoms with van der Waals surface area (Å²) in [5.41, 5.74) is -2.39. The van der Waals surface area contributed by atoms with Crippen LogP contribution in [-0.2, 0) is 23.6 Å². The van der Waals surface area contributed by atoms with Gasteiger partial charge in [-0.15, -0.1) is 0 Å². The van der Waals surface area contributed by atoms with E-state index >= 15 is 0 Å². The molecule has 2 aromatic rings. The van der Waals surface area contributed by atoms with Gasteiger partial charge in [0.2, 0.25) is 0 Å². The van der Waals surface area contributed by atoms with Crippen molar-refractivity contribution >= 4 is 15.9 Å². The molecule has 0 radical (unpaired) electrons. The van der Waals surface area contributed by atoms with Crippen LogP contribution in [-0.4, -0.2) is 17.7 Å². The SMILES string of the molecule is C[C@H]1[C@@H](c2cc(C(F)(F)F)cc(C(F)(F)F)c2)OCN1Cc1cc(F)ccc1Br. The van der Waals surface area contributed by atoms with Crippen LogP contribution in [0.1, 0.15) is 35.3 Å². The second-order valence-corrected chi connectivity index (χ2v) is 7.63. The van der Waals surface area contributed by atoms with Crippen molar-refractivity contribution in [1.82, 2.24) is 4.90 Å². The molecule has 29 heavy (non-hydrogen) atoms. The molecule has 0 spiro atoms. The van der Waals surface area contributed by atoms with Crippen molar-refractivity contribution < 1.29 is 35.5 Å². The van der Waals surface area contributed by atoms with Crippen LogP contribution >= 0.6 is 15.9 Å². The maximum atomic E-state index is 13.5. The molecule has 1 heterocycles. The lowest BCUT2D eigenvalue weighted by Gasteiger charge is -2.24. The summed E-state index contributed by atoms with van der Waals surface area (Å²) in [5, 5.41) is 0. The van der Waals surface area contributed by atoms with Gasteiger partial charge >= 0.3 is 12.4 Å². The molecule has 1 fully saturated rings. The molecule has 0 aromatic heterocycles. The zero-order valence-corrected chi connectivity index (χ0v) is 16.5. The molecule has 158 valence electrons. The lowest BCUT2D eigenvalue weighted by Crippen LogP contribution is -2.29. The number of hydrogen-bond acceptors (Lipinski definition) is 2. The van der Waals surface area contributed by atoms with Gasteiger partial charge < -0.3 is 4.74 Å². The number of benzene rings is 2. The Hall–Kier alpha value is -1.65. The number of ether oxygens (including phenoxy) is 1. The monoisotopic (exact) mass is 485 g/mol. The second kappa shape index (κ2) is 7.88. The highest BCUT2D eigenvalue weighted by molar-refractivity contribution is 9.10. The Morgan fingerprint density at radius 3 is 2.14 bits per heavy atom. The highest BCUT2D eigenvalue weighted by Crippen LogP contribution is 2.40. The normalized spacial score (nSPS) is 21.0. The average molecular weight is 486 g/mol. The molecule has 1 saturated heterocycles. The van der Waals surface area contributed by atoms with Crippen molar-refractivity contribution in [3.8, 4) is 0 Å². The maximum absolute atomic E-state index is 13.5. The zero-order valence-electron chi connectivity index (χ0n) is 14.9. The van der Waals surface area contributed by atoms with E-state index in [9.17, 15) is 30.7 Å². The second-order valence-electron chi connectivity index (χ2n) is 6.78. The first kappa shape index (κ1) is 22.0. The molecular weight excluding hydrogens is 471 g/mol. The average Bonchev–Trinajstić information content (AvgIpc) is 2.97. The summed E-state index contributed by atoms with van der Waals surface area (Å²) in [7, 11) is 0. The van der Waals surface area contributed by atoms with Gasteiger partial charge in [0.25, 0.3) is 0 Å². The molecule has 3 rings (SSSR count). The van der Waals surface area contributed by atoms with E-state index in [0.29, 0.717) is 22.2 Å². The predicted octanol–water partition coefficient (Wildman–Crippen LogP) is 6.55. The molecule has 0 amide bonds. The van der Waals surface area contributed by atoms with E-state index in [0.717, 1.165) is 0 Å². The molecule has 2 nitrogen and oxygen atoms in total. The van der Waals surface area contributed by atoms with E-state index in [1.165, 1.54) is 18.2 Å². The van der Waals surface area contributed by atoms with Crippen molar-refractivity contribution in [3.05, 3.63) is 68.9 Å². The van der Waals surface area contributed by atoms with Gasteiger partial charge in [-0.2, -0.15) is 26.3 Å². The van der Waals surface area contributed by atoms with Crippen LogP contribution < -0.4 is 0 Å². The maximum Gasteiger partial charge on any atom is 0.416 e. The van der Waals surface area contributed by atoms with E-state index in [1.807, 2.05) is 0 Å². The minimum absolute atomic E-state index is 0.0214. The van der Waals surface area contributed by atoms with E-state index < -0.39 is 41.4 Å². The lowest BCUT2D eigenvalue weighted by molar-refractivity contribution is -0.143. The van der Waals surface area contributed by atoms with Crippen LogP contribution in [0.25, 0.3) is 0 Å². The number of nitrogens with zero attached hydrogens (tertiary/aromatic N) is 1. The smallest absolute Gasteiger partial charge is 0.357 e. The Balaban J connectivity index is 1.90. The Kier molecular flexibility index (Phi) is 5.99. The van der Waals surface area contributed by atoms with Crippen LogP contribution in [0.5, 0.6) is 0 Å². The minimum Gasteiger partial charge on any atom is -0.357 e. The predicted molar refractivity (Wildman–Crippen MR) is 94.2 cm³/mol. The standard InChI is InChI=1S/C19H15BrF7NO/c1-10-17(29-9-28(10)8-12-6-15(21)2-3-16(12)20)11-4-13(18(22,23)24)7-14(5-11)19(25,26)27/h2-7,10,17H,8-9H2,1H3/t10-,17-/m0/s1. The first-order chi connectivity index (χ1) is 13.4. The summed E-state index contributed by atoms with van der Waals surface area (Å²) >= 11 is 3.30. The number of halogens is 8. The highest BCUT2D eigenvalue weighted by Gasteiger charge is 2.40. The Morgan fingerprint density at radius 2 is 1.59 bits per heavy atom. The van der Waals surface area contributed by atoms with E-state index in [4.69, 9.17) is 4.74 Å². The Labute approximate surface area is 170 Å². The van der Waals surface area contributed by atoms with Gasteiger partial charge in [0.15, 0.2) is 0 Å². The van der Waals surface area contributed by atoms with Crippen molar-refractivity contribution in [3.63, 3.8) is 0 Å². The summed E-state index contributed by atoms with van der Waals surface area (Å²) in [5.74, 6) is -0.458. The number of rotatable bonds is 3. The molecule has 1 aliphatic heterocycles. The van der Waals surface area contributed by atoms with Crippen LogP contribution in [0.4, 0.5) is 30.7 Å². The fourth-order valence-corrected chi connectivity index (χ4v) is 3.59. The molecule has 0 unspecified atom stereocenters. The van der Waals surface area contributed by atoms with Gasteiger partial charge in [-0.05, 0) is 54.4 Å². The summed E-state index contributed by atoms with van der Waals surface area (Å²) in [6, 6.07) is 5.00. The molecule has 0 N–H and O–H groups in total. The van der Waals surface area contributed by atoms with Crippen molar-refractivity contribution in [2.24, 2.45) is 0 Å². The summed E-state index contributed by atoms with van der Waals surface area (Å²) in [4.78, 5) is 1.71. The number of hydrogen-bond donors (Lipinski definition) is 0. The quantitative estimate of drug-likeness (QED) is 0.457. The number of alkyl halides is 6. The van der Waals surface area contributed by atoms with Crippen LogP contribution in [0.3, 0.4) is 0 Å². The molecule has 10 heteroatoms. The van der Waals surface area contributed by atoms with Gasteiger partial charge in [0.1, 0.15) is 12.5 Å². The Morgan fingerprint density at radius 1 is 1.00 bits per heavy atom. The molecular formula is C19H15BrF7NO. The third-order valence-corrected chi connectivity index (χ3v) is 5.53. The van der Waals surface area contributed by atoms with Crippen LogP contribution in [0.15, 0.2) is 40.9 Å². The van der Waals surface area contributed by atoms with E-state index in [2.05, 4.69) is 15.9 Å². The van der Waals surface area contributed by atoms with Gasteiger partial charge in [0, 0.05) is 17.1 Å². The zero-order chi connectivity index (χ0) is 21.6. The topological polar surface area (TPSA) is 12.5 Å². The van der Waals surface area contributed by atoms with Crippen LogP contribution in [0.2, 0.25) is 0 Å². The first-order valence-corrected chi connectivity index (χ1v) is 9.24.